The van der Waals surface area contributed by atoms with E-state index in [-0.39, 0.29) is 17.3 Å². The van der Waals surface area contributed by atoms with E-state index in [0.717, 1.165) is 16.6 Å². The van der Waals surface area contributed by atoms with Crippen molar-refractivity contribution in [2.75, 3.05) is 11.5 Å². The molecule has 1 aliphatic rings. The van der Waals surface area contributed by atoms with Gasteiger partial charge in [0.15, 0.2) is 0 Å². The second kappa shape index (κ2) is 9.54. The third-order valence-corrected chi connectivity index (χ3v) is 6.29. The lowest BCUT2D eigenvalue weighted by Gasteiger charge is -2.22. The Morgan fingerprint density at radius 2 is 1.92 bits per heavy atom. The molecule has 3 heterocycles. The number of nitrogens with zero attached hydrogens (tertiary/aromatic N) is 3. The number of rotatable bonds is 6. The van der Waals surface area contributed by atoms with Gasteiger partial charge in [-0.05, 0) is 73.4 Å². The molecule has 2 aromatic heterocycles. The number of imidazole rings is 1. The minimum Gasteiger partial charge on any atom is -0.507 e. The molecule has 1 unspecified atom stereocenters. The zero-order valence-electron chi connectivity index (χ0n) is 21.1. The monoisotopic (exact) mass is 496 g/mol. The highest BCUT2D eigenvalue weighted by Gasteiger charge is 2.48. The van der Waals surface area contributed by atoms with Gasteiger partial charge >= 0.3 is 5.91 Å². The third kappa shape index (κ3) is 4.46. The van der Waals surface area contributed by atoms with Crippen molar-refractivity contribution in [1.82, 2.24) is 15.0 Å². The standard InChI is InChI=1S/C29H28N4O4/c1-16(2)15-37-23-11-9-19(14-18(23)4)26(34)24-25(21-7-5-6-12-30-21)33(28(36)27(24)35)29-31-20-10-8-17(3)13-22(20)32-29/h5-14,16,25,34H,15H2,1-4H3,(H,31,32)/b26-24+. The van der Waals surface area contributed by atoms with Gasteiger partial charge in [0.1, 0.15) is 17.6 Å². The number of aryl methyl sites for hydroxylation is 2. The number of Topliss-reactive ketones (excluding diaryl/α,β-unsaturated/α-hetero) is 1. The minimum absolute atomic E-state index is 0.0458. The molecule has 188 valence electrons. The maximum Gasteiger partial charge on any atom is 0.302 e. The fraction of sp³-hybridized carbons (Fsp3) is 0.241. The molecule has 4 aromatic rings. The summed E-state index contributed by atoms with van der Waals surface area (Å²) in [6, 6.07) is 15.2. The summed E-state index contributed by atoms with van der Waals surface area (Å²) >= 11 is 0. The van der Waals surface area contributed by atoms with Gasteiger partial charge in [0, 0.05) is 11.8 Å². The Morgan fingerprint density at radius 1 is 1.11 bits per heavy atom. The van der Waals surface area contributed by atoms with Crippen molar-refractivity contribution in [3.05, 3.63) is 88.8 Å². The first-order chi connectivity index (χ1) is 17.7. The number of benzene rings is 2. The molecule has 1 fully saturated rings. The first kappa shape index (κ1) is 24.2. The Labute approximate surface area is 214 Å². The maximum atomic E-state index is 13.4. The van der Waals surface area contributed by atoms with Crippen molar-refractivity contribution in [1.29, 1.82) is 0 Å². The van der Waals surface area contributed by atoms with Crippen LogP contribution in [0.3, 0.4) is 0 Å². The molecule has 8 nitrogen and oxygen atoms in total. The number of fused-ring (bicyclic) bond motifs is 1. The number of aliphatic hydroxyl groups is 1. The number of H-pyrrole nitrogens is 1. The van der Waals surface area contributed by atoms with E-state index in [4.69, 9.17) is 4.74 Å². The van der Waals surface area contributed by atoms with Crippen LogP contribution in [0.4, 0.5) is 5.95 Å². The number of carbonyl (C=O) groups excluding carboxylic acids is 2. The zero-order chi connectivity index (χ0) is 26.3. The lowest BCUT2D eigenvalue weighted by atomic mass is 9.97. The number of amides is 1. The van der Waals surface area contributed by atoms with Crippen LogP contribution in [0.15, 0.2) is 66.4 Å². The lowest BCUT2D eigenvalue weighted by molar-refractivity contribution is -0.132. The van der Waals surface area contributed by atoms with Crippen LogP contribution in [-0.4, -0.2) is 38.4 Å². The second-order valence-corrected chi connectivity index (χ2v) is 9.69. The van der Waals surface area contributed by atoms with Crippen LogP contribution in [0, 0.1) is 19.8 Å². The number of carbonyl (C=O) groups is 2. The van der Waals surface area contributed by atoms with Gasteiger partial charge in [-0.15, -0.1) is 0 Å². The Balaban J connectivity index is 1.63. The fourth-order valence-corrected chi connectivity index (χ4v) is 4.46. The molecule has 1 amide bonds. The largest absolute Gasteiger partial charge is 0.507 e. The number of ether oxygens (including phenoxy) is 1. The molecule has 0 aliphatic carbocycles. The molecule has 5 rings (SSSR count). The van der Waals surface area contributed by atoms with Gasteiger partial charge in [-0.1, -0.05) is 26.0 Å². The van der Waals surface area contributed by atoms with Crippen molar-refractivity contribution in [3.8, 4) is 5.75 Å². The minimum atomic E-state index is -0.958. The van der Waals surface area contributed by atoms with Crippen molar-refractivity contribution < 1.29 is 19.4 Å². The lowest BCUT2D eigenvalue weighted by Crippen LogP contribution is -2.30. The number of aliphatic hydroxyl groups excluding tert-OH is 1. The molecule has 8 heteroatoms. The number of hydrogen-bond donors (Lipinski definition) is 2. The first-order valence-electron chi connectivity index (χ1n) is 12.2. The second-order valence-electron chi connectivity index (χ2n) is 9.69. The molecule has 0 radical (unpaired) electrons. The molecule has 0 spiro atoms. The van der Waals surface area contributed by atoms with E-state index in [1.807, 2.05) is 32.0 Å². The Kier molecular flexibility index (Phi) is 6.25. The van der Waals surface area contributed by atoms with Crippen LogP contribution in [-0.2, 0) is 9.59 Å². The quantitative estimate of drug-likeness (QED) is 0.215. The summed E-state index contributed by atoms with van der Waals surface area (Å²) < 4.78 is 5.85. The SMILES string of the molecule is Cc1ccc2nc(N3C(=O)C(=O)/C(=C(/O)c4ccc(OCC(C)C)c(C)c4)C3c3ccccn3)[nH]c2c1. The molecule has 0 saturated carbocycles. The van der Waals surface area contributed by atoms with E-state index in [9.17, 15) is 14.7 Å². The average molecular weight is 497 g/mol. The number of aromatic amines is 1. The van der Waals surface area contributed by atoms with Crippen molar-refractivity contribution in [3.63, 3.8) is 0 Å². The average Bonchev–Trinajstić information content (AvgIpc) is 3.40. The van der Waals surface area contributed by atoms with E-state index in [1.54, 1.807) is 42.6 Å². The molecule has 37 heavy (non-hydrogen) atoms. The summed E-state index contributed by atoms with van der Waals surface area (Å²) in [4.78, 5) is 40.2. The summed E-state index contributed by atoms with van der Waals surface area (Å²) in [5.74, 6) is -0.592. The van der Waals surface area contributed by atoms with Crippen LogP contribution in [0.2, 0.25) is 0 Å². The van der Waals surface area contributed by atoms with Crippen LogP contribution in [0.25, 0.3) is 16.8 Å². The van der Waals surface area contributed by atoms with Crippen molar-refractivity contribution in [2.45, 2.75) is 33.7 Å². The Hall–Kier alpha value is -4.46. The van der Waals surface area contributed by atoms with E-state index < -0.39 is 17.7 Å². The topological polar surface area (TPSA) is 108 Å². The van der Waals surface area contributed by atoms with E-state index >= 15 is 0 Å². The third-order valence-electron chi connectivity index (χ3n) is 6.29. The number of ketones is 1. The summed E-state index contributed by atoms with van der Waals surface area (Å²) in [5, 5.41) is 11.4. The number of anilines is 1. The summed E-state index contributed by atoms with van der Waals surface area (Å²) in [7, 11) is 0. The summed E-state index contributed by atoms with van der Waals surface area (Å²) in [6.45, 7) is 8.53. The molecule has 2 aromatic carbocycles. The highest BCUT2D eigenvalue weighted by Crippen LogP contribution is 2.41. The van der Waals surface area contributed by atoms with Crippen LogP contribution in [0.5, 0.6) is 5.75 Å². The molecular weight excluding hydrogens is 468 g/mol. The van der Waals surface area contributed by atoms with Gasteiger partial charge in [0.2, 0.25) is 5.95 Å². The van der Waals surface area contributed by atoms with E-state index in [1.165, 1.54) is 4.90 Å². The Morgan fingerprint density at radius 3 is 2.62 bits per heavy atom. The van der Waals surface area contributed by atoms with Crippen molar-refractivity contribution in [2.24, 2.45) is 5.92 Å². The van der Waals surface area contributed by atoms with Gasteiger partial charge in [0.25, 0.3) is 5.78 Å². The summed E-state index contributed by atoms with van der Waals surface area (Å²) in [6.07, 6.45) is 1.59. The van der Waals surface area contributed by atoms with Crippen LogP contribution >= 0.6 is 0 Å². The molecule has 1 saturated heterocycles. The predicted octanol–water partition coefficient (Wildman–Crippen LogP) is 5.24. The van der Waals surface area contributed by atoms with E-state index in [2.05, 4.69) is 28.8 Å². The number of pyridine rings is 1. The van der Waals surface area contributed by atoms with Gasteiger partial charge < -0.3 is 14.8 Å². The van der Waals surface area contributed by atoms with Crippen LogP contribution in [0.1, 0.15) is 42.3 Å². The molecule has 0 bridgehead atoms. The Bertz CT molecular complexity index is 1540. The molecular formula is C29H28N4O4. The molecule has 1 aliphatic heterocycles. The van der Waals surface area contributed by atoms with Gasteiger partial charge in [-0.3, -0.25) is 19.5 Å². The number of hydrogen-bond acceptors (Lipinski definition) is 6. The van der Waals surface area contributed by atoms with Gasteiger partial charge in [-0.25, -0.2) is 4.98 Å². The number of nitrogens with one attached hydrogen (secondary N) is 1. The normalized spacial score (nSPS) is 17.2. The maximum absolute atomic E-state index is 13.4. The van der Waals surface area contributed by atoms with Gasteiger partial charge in [0.05, 0.1) is 28.9 Å². The fourth-order valence-electron chi connectivity index (χ4n) is 4.46. The highest BCUT2D eigenvalue weighted by molar-refractivity contribution is 6.51. The van der Waals surface area contributed by atoms with Crippen molar-refractivity contribution >= 4 is 34.4 Å². The zero-order valence-corrected chi connectivity index (χ0v) is 21.1. The first-order valence-corrected chi connectivity index (χ1v) is 12.2. The van der Waals surface area contributed by atoms with E-state index in [0.29, 0.717) is 35.0 Å². The van der Waals surface area contributed by atoms with Gasteiger partial charge in [-0.2, -0.15) is 0 Å². The molecule has 1 atom stereocenters. The predicted molar refractivity (Wildman–Crippen MR) is 141 cm³/mol. The summed E-state index contributed by atoms with van der Waals surface area (Å²) in [5.41, 5.74) is 4.04. The smallest absolute Gasteiger partial charge is 0.302 e. The van der Waals surface area contributed by atoms with Crippen LogP contribution < -0.4 is 9.64 Å². The highest BCUT2D eigenvalue weighted by atomic mass is 16.5. The molecule has 2 N–H and O–H groups in total. The number of aromatic nitrogens is 3.